The Morgan fingerprint density at radius 1 is 1.05 bits per heavy atom. The number of hydrogen-bond acceptors (Lipinski definition) is 2. The van der Waals surface area contributed by atoms with Gasteiger partial charge in [0.05, 0.1) is 6.04 Å². The third kappa shape index (κ3) is 4.57. The molecular weight excluding hydrogens is 280 g/mol. The maximum absolute atomic E-state index is 6.24. The molecule has 0 aliphatic rings. The van der Waals surface area contributed by atoms with Crippen molar-refractivity contribution in [3.05, 3.63) is 70.2 Å². The number of hydrogen-bond donors (Lipinski definition) is 2. The van der Waals surface area contributed by atoms with Crippen molar-refractivity contribution in [1.82, 2.24) is 5.43 Å². The van der Waals surface area contributed by atoms with E-state index in [1.54, 1.807) is 0 Å². The zero-order valence-corrected chi connectivity index (χ0v) is 13.4. The molecule has 112 valence electrons. The number of nitrogens with two attached hydrogens (primary N) is 1. The Morgan fingerprint density at radius 3 is 2.48 bits per heavy atom. The topological polar surface area (TPSA) is 38.0 Å². The lowest BCUT2D eigenvalue weighted by molar-refractivity contribution is 0.550. The van der Waals surface area contributed by atoms with Crippen LogP contribution in [0.3, 0.4) is 0 Å². The maximum atomic E-state index is 6.24. The van der Waals surface area contributed by atoms with Gasteiger partial charge in [-0.25, -0.2) is 0 Å². The fourth-order valence-corrected chi connectivity index (χ4v) is 2.78. The van der Waals surface area contributed by atoms with Gasteiger partial charge in [0.2, 0.25) is 0 Å². The summed E-state index contributed by atoms with van der Waals surface area (Å²) in [6.45, 7) is 4.46. The van der Waals surface area contributed by atoms with Gasteiger partial charge in [0.1, 0.15) is 0 Å². The molecule has 2 aromatic rings. The molecule has 2 nitrogen and oxygen atoms in total. The highest BCUT2D eigenvalue weighted by Gasteiger charge is 2.13. The van der Waals surface area contributed by atoms with Crippen molar-refractivity contribution in [2.24, 2.45) is 11.8 Å². The number of rotatable bonds is 6. The highest BCUT2D eigenvalue weighted by molar-refractivity contribution is 6.31. The van der Waals surface area contributed by atoms with Crippen LogP contribution in [0.4, 0.5) is 0 Å². The van der Waals surface area contributed by atoms with E-state index in [4.69, 9.17) is 17.4 Å². The van der Waals surface area contributed by atoms with E-state index in [-0.39, 0.29) is 6.04 Å². The second kappa shape index (κ2) is 7.60. The first-order valence-corrected chi connectivity index (χ1v) is 7.76. The van der Waals surface area contributed by atoms with E-state index in [0.29, 0.717) is 5.92 Å². The summed E-state index contributed by atoms with van der Waals surface area (Å²) >= 11 is 6.24. The van der Waals surface area contributed by atoms with Crippen LogP contribution < -0.4 is 11.3 Å². The van der Waals surface area contributed by atoms with Gasteiger partial charge >= 0.3 is 0 Å². The fraction of sp³-hybridized carbons (Fsp3) is 0.333. The smallest absolute Gasteiger partial charge is 0.0500 e. The average Bonchev–Trinajstić information content (AvgIpc) is 2.46. The lowest BCUT2D eigenvalue weighted by atomic mass is 9.95. The van der Waals surface area contributed by atoms with Crippen LogP contribution in [0.5, 0.6) is 0 Å². The summed E-state index contributed by atoms with van der Waals surface area (Å²) in [5, 5.41) is 0.788. The van der Waals surface area contributed by atoms with E-state index in [1.807, 2.05) is 24.3 Å². The van der Waals surface area contributed by atoms with E-state index >= 15 is 0 Å². The Kier molecular flexibility index (Phi) is 5.80. The molecule has 0 aromatic heterocycles. The third-order valence-electron chi connectivity index (χ3n) is 3.58. The molecule has 1 unspecified atom stereocenters. The summed E-state index contributed by atoms with van der Waals surface area (Å²) in [6, 6.07) is 16.6. The SMILES string of the molecule is CC(C)Cc1cccc(C(Cc2ccccc2Cl)NN)c1. The van der Waals surface area contributed by atoms with Crippen molar-refractivity contribution < 1.29 is 0 Å². The molecule has 0 amide bonds. The summed E-state index contributed by atoms with van der Waals surface area (Å²) < 4.78 is 0. The predicted octanol–water partition coefficient (Wildman–Crippen LogP) is 4.29. The van der Waals surface area contributed by atoms with Gasteiger partial charge in [0.15, 0.2) is 0 Å². The summed E-state index contributed by atoms with van der Waals surface area (Å²) in [5.74, 6) is 6.41. The van der Waals surface area contributed by atoms with Gasteiger partial charge in [-0.1, -0.05) is 67.9 Å². The molecular formula is C18H23ClN2. The van der Waals surface area contributed by atoms with Gasteiger partial charge in [0, 0.05) is 5.02 Å². The average molecular weight is 303 g/mol. The molecule has 0 heterocycles. The molecule has 0 radical (unpaired) electrons. The molecule has 0 spiro atoms. The second-order valence-electron chi connectivity index (χ2n) is 5.86. The number of halogens is 1. The van der Waals surface area contributed by atoms with Crippen molar-refractivity contribution in [2.45, 2.75) is 32.7 Å². The highest BCUT2D eigenvalue weighted by Crippen LogP contribution is 2.24. The minimum Gasteiger partial charge on any atom is -0.271 e. The third-order valence-corrected chi connectivity index (χ3v) is 3.95. The Balaban J connectivity index is 2.19. The molecule has 0 saturated carbocycles. The molecule has 2 rings (SSSR count). The van der Waals surface area contributed by atoms with Crippen LogP contribution in [0.25, 0.3) is 0 Å². The molecule has 1 atom stereocenters. The van der Waals surface area contributed by atoms with Crippen LogP contribution in [-0.2, 0) is 12.8 Å². The summed E-state index contributed by atoms with van der Waals surface area (Å²) in [4.78, 5) is 0. The van der Waals surface area contributed by atoms with Gasteiger partial charge in [-0.3, -0.25) is 11.3 Å². The Bertz CT molecular complexity index is 581. The number of hydrazine groups is 1. The van der Waals surface area contributed by atoms with Crippen molar-refractivity contribution >= 4 is 11.6 Å². The molecule has 0 fully saturated rings. The Labute approximate surface area is 132 Å². The quantitative estimate of drug-likeness (QED) is 0.617. The van der Waals surface area contributed by atoms with E-state index in [1.165, 1.54) is 11.1 Å². The summed E-state index contributed by atoms with van der Waals surface area (Å²) in [7, 11) is 0. The first-order chi connectivity index (χ1) is 10.1. The predicted molar refractivity (Wildman–Crippen MR) is 90.2 cm³/mol. The lowest BCUT2D eigenvalue weighted by Gasteiger charge is -2.18. The van der Waals surface area contributed by atoms with Gasteiger partial charge in [-0.15, -0.1) is 0 Å². The van der Waals surface area contributed by atoms with Crippen LogP contribution >= 0.6 is 11.6 Å². The first-order valence-electron chi connectivity index (χ1n) is 7.38. The van der Waals surface area contributed by atoms with Crippen molar-refractivity contribution in [2.75, 3.05) is 0 Å². The summed E-state index contributed by atoms with van der Waals surface area (Å²) in [6.07, 6.45) is 1.86. The van der Waals surface area contributed by atoms with E-state index < -0.39 is 0 Å². The molecule has 2 aromatic carbocycles. The normalized spacial score (nSPS) is 12.6. The molecule has 0 aliphatic carbocycles. The van der Waals surface area contributed by atoms with E-state index in [9.17, 15) is 0 Å². The zero-order valence-electron chi connectivity index (χ0n) is 12.6. The van der Waals surface area contributed by atoms with Crippen LogP contribution in [0.15, 0.2) is 48.5 Å². The largest absolute Gasteiger partial charge is 0.271 e. The van der Waals surface area contributed by atoms with Gasteiger partial charge in [0.25, 0.3) is 0 Å². The minimum absolute atomic E-state index is 0.0667. The van der Waals surface area contributed by atoms with Crippen LogP contribution in [-0.4, -0.2) is 0 Å². The summed E-state index contributed by atoms with van der Waals surface area (Å²) in [5.41, 5.74) is 6.58. The van der Waals surface area contributed by atoms with E-state index in [0.717, 1.165) is 23.4 Å². The number of nitrogens with one attached hydrogen (secondary N) is 1. The molecule has 21 heavy (non-hydrogen) atoms. The van der Waals surface area contributed by atoms with E-state index in [2.05, 4.69) is 43.5 Å². The van der Waals surface area contributed by atoms with Crippen molar-refractivity contribution in [3.63, 3.8) is 0 Å². The highest BCUT2D eigenvalue weighted by atomic mass is 35.5. The monoisotopic (exact) mass is 302 g/mol. The van der Waals surface area contributed by atoms with Crippen LogP contribution in [0, 0.1) is 5.92 Å². The zero-order chi connectivity index (χ0) is 15.2. The van der Waals surface area contributed by atoms with Gasteiger partial charge in [-0.05, 0) is 41.5 Å². The first kappa shape index (κ1) is 16.0. The lowest BCUT2D eigenvalue weighted by Crippen LogP contribution is -2.29. The molecule has 0 aliphatic heterocycles. The maximum Gasteiger partial charge on any atom is 0.0500 e. The Hall–Kier alpha value is -1.35. The second-order valence-corrected chi connectivity index (χ2v) is 6.26. The standard InChI is InChI=1S/C18H23ClN2/c1-13(2)10-14-6-5-8-16(11-14)18(21-20)12-15-7-3-4-9-17(15)19/h3-9,11,13,18,21H,10,12,20H2,1-2H3. The molecule has 3 heteroatoms. The fourth-order valence-electron chi connectivity index (χ4n) is 2.57. The van der Waals surface area contributed by atoms with Crippen LogP contribution in [0.2, 0.25) is 5.02 Å². The van der Waals surface area contributed by atoms with Gasteiger partial charge < -0.3 is 0 Å². The molecule has 3 N–H and O–H groups in total. The van der Waals surface area contributed by atoms with Crippen molar-refractivity contribution in [3.8, 4) is 0 Å². The van der Waals surface area contributed by atoms with Crippen molar-refractivity contribution in [1.29, 1.82) is 0 Å². The Morgan fingerprint density at radius 2 is 1.81 bits per heavy atom. The molecule has 0 saturated heterocycles. The van der Waals surface area contributed by atoms with Gasteiger partial charge in [-0.2, -0.15) is 0 Å². The number of benzene rings is 2. The minimum atomic E-state index is 0.0667. The van der Waals surface area contributed by atoms with Crippen LogP contribution in [0.1, 0.15) is 36.6 Å². The molecule has 0 bridgehead atoms.